The summed E-state index contributed by atoms with van der Waals surface area (Å²) in [6.07, 6.45) is -0.711. The van der Waals surface area contributed by atoms with Gasteiger partial charge in [-0.2, -0.15) is 0 Å². The fourth-order valence-corrected chi connectivity index (χ4v) is 2.22. The number of carbonyl (C=O) groups is 2. The zero-order valence-corrected chi connectivity index (χ0v) is 14.3. The number of hydrogen-bond donors (Lipinski definition) is 2. The summed E-state index contributed by atoms with van der Waals surface area (Å²) in [6.45, 7) is 4.03. The zero-order valence-electron chi connectivity index (χ0n) is 13.5. The van der Waals surface area contributed by atoms with Crippen LogP contribution >= 0.6 is 11.6 Å². The minimum atomic E-state index is -0.711. The molecule has 2 amide bonds. The third-order valence-electron chi connectivity index (χ3n) is 3.21. The van der Waals surface area contributed by atoms with E-state index < -0.39 is 6.10 Å². The van der Waals surface area contributed by atoms with Crippen molar-refractivity contribution >= 4 is 29.1 Å². The zero-order chi connectivity index (χ0) is 17.5. The van der Waals surface area contributed by atoms with E-state index in [1.165, 1.54) is 0 Å². The number of amides is 2. The van der Waals surface area contributed by atoms with Gasteiger partial charge in [0, 0.05) is 22.8 Å². The highest BCUT2D eigenvalue weighted by atomic mass is 35.5. The van der Waals surface area contributed by atoms with E-state index in [-0.39, 0.29) is 11.8 Å². The van der Waals surface area contributed by atoms with Gasteiger partial charge in [0.25, 0.3) is 11.8 Å². The van der Waals surface area contributed by atoms with E-state index in [1.54, 1.807) is 55.5 Å². The first-order valence-electron chi connectivity index (χ1n) is 7.61. The first kappa shape index (κ1) is 17.8. The molecule has 2 rings (SSSR count). The van der Waals surface area contributed by atoms with Crippen molar-refractivity contribution in [1.29, 1.82) is 0 Å². The first-order valence-corrected chi connectivity index (χ1v) is 7.98. The molecule has 0 bridgehead atoms. The maximum atomic E-state index is 12.2. The summed E-state index contributed by atoms with van der Waals surface area (Å²) in [4.78, 5) is 24.1. The van der Waals surface area contributed by atoms with Gasteiger partial charge < -0.3 is 15.4 Å². The molecule has 0 saturated carbocycles. The third kappa shape index (κ3) is 4.99. The van der Waals surface area contributed by atoms with Crippen LogP contribution in [0.5, 0.6) is 5.75 Å². The summed E-state index contributed by atoms with van der Waals surface area (Å²) in [7, 11) is 0. The maximum absolute atomic E-state index is 12.2. The van der Waals surface area contributed by atoms with Crippen LogP contribution in [-0.2, 0) is 4.79 Å². The van der Waals surface area contributed by atoms with Gasteiger partial charge >= 0.3 is 0 Å². The van der Waals surface area contributed by atoms with Gasteiger partial charge in [-0.3, -0.25) is 9.59 Å². The van der Waals surface area contributed by atoms with Crippen molar-refractivity contribution in [3.05, 3.63) is 59.1 Å². The Labute approximate surface area is 146 Å². The van der Waals surface area contributed by atoms with Crippen molar-refractivity contribution < 1.29 is 14.3 Å². The van der Waals surface area contributed by atoms with Crippen molar-refractivity contribution in [2.24, 2.45) is 0 Å². The van der Waals surface area contributed by atoms with Crippen molar-refractivity contribution in [3.63, 3.8) is 0 Å². The molecule has 5 nitrogen and oxygen atoms in total. The molecule has 0 radical (unpaired) electrons. The second-order valence-corrected chi connectivity index (χ2v) is 5.58. The number of halogens is 1. The predicted molar refractivity (Wildman–Crippen MR) is 94.6 cm³/mol. The Morgan fingerprint density at radius 3 is 2.62 bits per heavy atom. The molecule has 0 aliphatic heterocycles. The summed E-state index contributed by atoms with van der Waals surface area (Å²) < 4.78 is 5.57. The smallest absolute Gasteiger partial charge is 0.265 e. The van der Waals surface area contributed by atoms with E-state index in [0.29, 0.717) is 28.6 Å². The van der Waals surface area contributed by atoms with E-state index in [4.69, 9.17) is 16.3 Å². The normalized spacial score (nSPS) is 11.5. The third-order valence-corrected chi connectivity index (χ3v) is 3.44. The van der Waals surface area contributed by atoms with Gasteiger partial charge in [0.15, 0.2) is 6.10 Å². The largest absolute Gasteiger partial charge is 0.481 e. The molecule has 0 heterocycles. The molecule has 2 aromatic carbocycles. The van der Waals surface area contributed by atoms with Crippen LogP contribution in [0.2, 0.25) is 5.02 Å². The number of nitrogens with one attached hydrogen (secondary N) is 2. The molecular formula is C18H19ClN2O3. The molecule has 0 fully saturated rings. The highest BCUT2D eigenvalue weighted by Crippen LogP contribution is 2.19. The van der Waals surface area contributed by atoms with Gasteiger partial charge in [0.2, 0.25) is 0 Å². The quantitative estimate of drug-likeness (QED) is 0.841. The summed E-state index contributed by atoms with van der Waals surface area (Å²) in [5.74, 6) is 0.0149. The molecule has 2 aromatic rings. The fourth-order valence-electron chi connectivity index (χ4n) is 2.04. The van der Waals surface area contributed by atoms with Crippen LogP contribution in [0, 0.1) is 0 Å². The number of rotatable bonds is 6. The molecule has 0 spiro atoms. The monoisotopic (exact) mass is 346 g/mol. The lowest BCUT2D eigenvalue weighted by Crippen LogP contribution is -2.30. The van der Waals surface area contributed by atoms with Crippen LogP contribution in [0.1, 0.15) is 24.2 Å². The van der Waals surface area contributed by atoms with Crippen molar-refractivity contribution in [2.75, 3.05) is 11.9 Å². The van der Waals surface area contributed by atoms with Gasteiger partial charge in [-0.1, -0.05) is 23.7 Å². The second-order valence-electron chi connectivity index (χ2n) is 5.15. The van der Waals surface area contributed by atoms with E-state index in [2.05, 4.69) is 10.6 Å². The van der Waals surface area contributed by atoms with Gasteiger partial charge in [-0.05, 0) is 50.2 Å². The molecule has 1 unspecified atom stereocenters. The fraction of sp³-hybridized carbons (Fsp3) is 0.222. The lowest BCUT2D eigenvalue weighted by Gasteiger charge is -2.15. The molecule has 126 valence electrons. The SMILES string of the molecule is CCNC(=O)c1cccc(NC(=O)C(C)Oc2cccc(Cl)c2)c1. The molecule has 2 N–H and O–H groups in total. The minimum absolute atomic E-state index is 0.183. The Morgan fingerprint density at radius 2 is 1.92 bits per heavy atom. The maximum Gasteiger partial charge on any atom is 0.265 e. The van der Waals surface area contributed by atoms with Crippen molar-refractivity contribution in [3.8, 4) is 5.75 Å². The number of anilines is 1. The van der Waals surface area contributed by atoms with Crippen molar-refractivity contribution in [1.82, 2.24) is 5.32 Å². The lowest BCUT2D eigenvalue weighted by molar-refractivity contribution is -0.122. The number of carbonyl (C=O) groups excluding carboxylic acids is 2. The van der Waals surface area contributed by atoms with Gasteiger partial charge in [0.1, 0.15) is 5.75 Å². The summed E-state index contributed by atoms with van der Waals surface area (Å²) in [6, 6.07) is 13.6. The van der Waals surface area contributed by atoms with Crippen LogP contribution in [0.4, 0.5) is 5.69 Å². The molecule has 6 heteroatoms. The second kappa shape index (κ2) is 8.36. The molecule has 0 aliphatic rings. The highest BCUT2D eigenvalue weighted by molar-refractivity contribution is 6.30. The standard InChI is InChI=1S/C18H19ClN2O3/c1-3-20-18(23)13-6-4-8-15(10-13)21-17(22)12(2)24-16-9-5-7-14(19)11-16/h4-12H,3H2,1-2H3,(H,20,23)(H,21,22). The first-order chi connectivity index (χ1) is 11.5. The Kier molecular flexibility index (Phi) is 6.21. The molecule has 24 heavy (non-hydrogen) atoms. The highest BCUT2D eigenvalue weighted by Gasteiger charge is 2.15. The van der Waals surface area contributed by atoms with E-state index >= 15 is 0 Å². The Bertz CT molecular complexity index is 734. The van der Waals surface area contributed by atoms with Crippen LogP contribution in [0.25, 0.3) is 0 Å². The van der Waals surface area contributed by atoms with Crippen LogP contribution in [0.15, 0.2) is 48.5 Å². The lowest BCUT2D eigenvalue weighted by atomic mass is 10.2. The molecule has 1 atom stereocenters. The Morgan fingerprint density at radius 1 is 1.17 bits per heavy atom. The van der Waals surface area contributed by atoms with Crippen LogP contribution < -0.4 is 15.4 Å². The summed E-state index contributed by atoms with van der Waals surface area (Å²) in [5.41, 5.74) is 1.02. The Hall–Kier alpha value is -2.53. The number of hydrogen-bond acceptors (Lipinski definition) is 3. The molecule has 0 aliphatic carbocycles. The van der Waals surface area contributed by atoms with Gasteiger partial charge in [-0.25, -0.2) is 0 Å². The molecule has 0 aromatic heterocycles. The average Bonchev–Trinajstić information content (AvgIpc) is 2.55. The van der Waals surface area contributed by atoms with Crippen LogP contribution in [-0.4, -0.2) is 24.5 Å². The topological polar surface area (TPSA) is 67.4 Å². The number of ether oxygens (including phenoxy) is 1. The summed E-state index contributed by atoms with van der Waals surface area (Å²) in [5, 5.41) is 5.99. The number of benzene rings is 2. The molecule has 0 saturated heterocycles. The Balaban J connectivity index is 2.01. The van der Waals surface area contributed by atoms with Crippen molar-refractivity contribution in [2.45, 2.75) is 20.0 Å². The predicted octanol–water partition coefficient (Wildman–Crippen LogP) is 3.50. The van der Waals surface area contributed by atoms with E-state index in [1.807, 2.05) is 6.92 Å². The van der Waals surface area contributed by atoms with E-state index in [9.17, 15) is 9.59 Å². The minimum Gasteiger partial charge on any atom is -0.481 e. The summed E-state index contributed by atoms with van der Waals surface area (Å²) >= 11 is 5.89. The van der Waals surface area contributed by atoms with Gasteiger partial charge in [0.05, 0.1) is 0 Å². The van der Waals surface area contributed by atoms with Gasteiger partial charge in [-0.15, -0.1) is 0 Å². The van der Waals surface area contributed by atoms with Crippen LogP contribution in [0.3, 0.4) is 0 Å². The van der Waals surface area contributed by atoms with E-state index in [0.717, 1.165) is 0 Å². The molecular weight excluding hydrogens is 328 g/mol. The average molecular weight is 347 g/mol.